The SMILES string of the molecule is CC1CC(C(=O)N(C)C(CCO)c2ccccc2)CC(C)O1. The van der Waals surface area contributed by atoms with Gasteiger partial charge in [-0.15, -0.1) is 0 Å². The molecule has 0 aromatic heterocycles. The maximum absolute atomic E-state index is 12.9. The number of nitrogens with zero attached hydrogens (tertiary/aromatic N) is 1. The molecule has 0 saturated carbocycles. The molecule has 122 valence electrons. The molecular weight excluding hydrogens is 278 g/mol. The van der Waals surface area contributed by atoms with Crippen molar-refractivity contribution in [3.8, 4) is 0 Å². The highest BCUT2D eigenvalue weighted by Crippen LogP contribution is 2.30. The summed E-state index contributed by atoms with van der Waals surface area (Å²) in [6.07, 6.45) is 2.35. The van der Waals surface area contributed by atoms with Gasteiger partial charge in [-0.25, -0.2) is 0 Å². The molecule has 3 unspecified atom stereocenters. The van der Waals surface area contributed by atoms with Crippen LogP contribution in [0.1, 0.15) is 44.7 Å². The van der Waals surface area contributed by atoms with E-state index in [4.69, 9.17) is 4.74 Å². The molecule has 0 radical (unpaired) electrons. The zero-order valence-corrected chi connectivity index (χ0v) is 13.7. The van der Waals surface area contributed by atoms with E-state index in [-0.39, 0.29) is 36.7 Å². The molecule has 1 aliphatic rings. The van der Waals surface area contributed by atoms with E-state index >= 15 is 0 Å². The quantitative estimate of drug-likeness (QED) is 0.910. The number of amides is 1. The highest BCUT2D eigenvalue weighted by Gasteiger charge is 2.33. The van der Waals surface area contributed by atoms with Crippen LogP contribution in [0, 0.1) is 5.92 Å². The third kappa shape index (κ3) is 4.08. The van der Waals surface area contributed by atoms with E-state index in [0.29, 0.717) is 6.42 Å². The summed E-state index contributed by atoms with van der Waals surface area (Å²) in [5.74, 6) is 0.165. The van der Waals surface area contributed by atoms with Crippen molar-refractivity contribution in [3.63, 3.8) is 0 Å². The Bertz CT molecular complexity index is 466. The average Bonchev–Trinajstić information content (AvgIpc) is 2.51. The van der Waals surface area contributed by atoms with E-state index in [1.54, 1.807) is 4.90 Å². The van der Waals surface area contributed by atoms with E-state index < -0.39 is 0 Å². The van der Waals surface area contributed by atoms with Gasteiger partial charge in [-0.1, -0.05) is 30.3 Å². The molecule has 1 aliphatic heterocycles. The van der Waals surface area contributed by atoms with Crippen molar-refractivity contribution < 1.29 is 14.6 Å². The summed E-state index contributed by atoms with van der Waals surface area (Å²) in [5.41, 5.74) is 1.07. The minimum absolute atomic E-state index is 0.00801. The fraction of sp³-hybridized carbons (Fsp3) is 0.611. The Kier molecular flexibility index (Phi) is 5.98. The number of rotatable bonds is 5. The first kappa shape index (κ1) is 17.0. The van der Waals surface area contributed by atoms with Gasteiger partial charge >= 0.3 is 0 Å². The monoisotopic (exact) mass is 305 g/mol. The number of hydrogen-bond donors (Lipinski definition) is 1. The molecule has 1 aromatic rings. The second-order valence-electron chi connectivity index (χ2n) is 6.31. The Hall–Kier alpha value is -1.39. The van der Waals surface area contributed by atoms with Gasteiger partial charge in [0.25, 0.3) is 0 Å². The third-order valence-corrected chi connectivity index (χ3v) is 4.45. The van der Waals surface area contributed by atoms with Crippen LogP contribution in [0.4, 0.5) is 0 Å². The third-order valence-electron chi connectivity index (χ3n) is 4.45. The first-order valence-corrected chi connectivity index (χ1v) is 8.10. The largest absolute Gasteiger partial charge is 0.396 e. The summed E-state index contributed by atoms with van der Waals surface area (Å²) in [6, 6.07) is 9.85. The number of aliphatic hydroxyl groups excluding tert-OH is 1. The van der Waals surface area contributed by atoms with Crippen LogP contribution in [0.2, 0.25) is 0 Å². The van der Waals surface area contributed by atoms with Crippen molar-refractivity contribution >= 4 is 5.91 Å². The van der Waals surface area contributed by atoms with Crippen molar-refractivity contribution in [2.24, 2.45) is 5.92 Å². The number of carbonyl (C=O) groups excluding carboxylic acids is 1. The van der Waals surface area contributed by atoms with Crippen LogP contribution < -0.4 is 0 Å². The Morgan fingerprint density at radius 3 is 2.41 bits per heavy atom. The molecular formula is C18H27NO3. The minimum Gasteiger partial charge on any atom is -0.396 e. The fourth-order valence-corrected chi connectivity index (χ4v) is 3.43. The number of carbonyl (C=O) groups is 1. The molecule has 1 fully saturated rings. The summed E-state index contributed by atoms with van der Waals surface area (Å²) >= 11 is 0. The molecule has 3 atom stereocenters. The molecule has 22 heavy (non-hydrogen) atoms. The molecule has 0 spiro atoms. The lowest BCUT2D eigenvalue weighted by Crippen LogP contribution is -2.41. The van der Waals surface area contributed by atoms with E-state index in [1.165, 1.54) is 0 Å². The second-order valence-corrected chi connectivity index (χ2v) is 6.31. The summed E-state index contributed by atoms with van der Waals surface area (Å²) in [6.45, 7) is 4.12. The van der Waals surface area contributed by atoms with Gasteiger partial charge < -0.3 is 14.7 Å². The van der Waals surface area contributed by atoms with Gasteiger partial charge in [0, 0.05) is 19.6 Å². The lowest BCUT2D eigenvalue weighted by Gasteiger charge is -2.36. The summed E-state index contributed by atoms with van der Waals surface area (Å²) in [5, 5.41) is 9.37. The van der Waals surface area contributed by atoms with Gasteiger partial charge in [0.1, 0.15) is 0 Å². The maximum Gasteiger partial charge on any atom is 0.226 e. The smallest absolute Gasteiger partial charge is 0.226 e. The Morgan fingerprint density at radius 2 is 1.86 bits per heavy atom. The molecule has 0 bridgehead atoms. The van der Waals surface area contributed by atoms with Crippen molar-refractivity contribution in [3.05, 3.63) is 35.9 Å². The predicted molar refractivity (Wildman–Crippen MR) is 86.4 cm³/mol. The molecule has 1 amide bonds. The first-order chi connectivity index (χ1) is 10.5. The van der Waals surface area contributed by atoms with Crippen LogP contribution in [-0.2, 0) is 9.53 Å². The molecule has 1 N–H and O–H groups in total. The van der Waals surface area contributed by atoms with Gasteiger partial charge in [0.15, 0.2) is 0 Å². The van der Waals surface area contributed by atoms with Gasteiger partial charge in [-0.05, 0) is 38.7 Å². The lowest BCUT2D eigenvalue weighted by atomic mass is 9.90. The topological polar surface area (TPSA) is 49.8 Å². The van der Waals surface area contributed by atoms with Crippen LogP contribution in [0.15, 0.2) is 30.3 Å². The van der Waals surface area contributed by atoms with E-state index in [9.17, 15) is 9.90 Å². The predicted octanol–water partition coefficient (Wildman–Crippen LogP) is 2.77. The molecule has 4 nitrogen and oxygen atoms in total. The van der Waals surface area contributed by atoms with Crippen LogP contribution >= 0.6 is 0 Å². The number of hydrogen-bond acceptors (Lipinski definition) is 3. The molecule has 1 heterocycles. The first-order valence-electron chi connectivity index (χ1n) is 8.10. The summed E-state index contributed by atoms with van der Waals surface area (Å²) in [7, 11) is 1.85. The number of benzene rings is 1. The lowest BCUT2D eigenvalue weighted by molar-refractivity contribution is -0.144. The van der Waals surface area contributed by atoms with Crippen molar-refractivity contribution in [2.45, 2.75) is 51.4 Å². The second kappa shape index (κ2) is 7.75. The zero-order valence-electron chi connectivity index (χ0n) is 13.7. The normalized spacial score (nSPS) is 26.5. The molecule has 0 aliphatic carbocycles. The van der Waals surface area contributed by atoms with Gasteiger partial charge in [0.2, 0.25) is 5.91 Å². The maximum atomic E-state index is 12.9. The minimum atomic E-state index is -0.0767. The zero-order chi connectivity index (χ0) is 16.1. The van der Waals surface area contributed by atoms with Crippen LogP contribution in [0.25, 0.3) is 0 Å². The van der Waals surface area contributed by atoms with Crippen LogP contribution in [0.3, 0.4) is 0 Å². The van der Waals surface area contributed by atoms with Crippen molar-refractivity contribution in [1.29, 1.82) is 0 Å². The highest BCUT2D eigenvalue weighted by molar-refractivity contribution is 5.79. The molecule has 1 aromatic carbocycles. The van der Waals surface area contributed by atoms with Gasteiger partial charge in [-0.3, -0.25) is 4.79 Å². The standard InChI is InChI=1S/C18H27NO3/c1-13-11-16(12-14(2)22-13)18(21)19(3)17(9-10-20)15-7-5-4-6-8-15/h4-8,13-14,16-17,20H,9-12H2,1-3H3. The van der Waals surface area contributed by atoms with Crippen molar-refractivity contribution in [1.82, 2.24) is 4.90 Å². The van der Waals surface area contributed by atoms with E-state index in [1.807, 2.05) is 51.2 Å². The van der Waals surface area contributed by atoms with E-state index in [0.717, 1.165) is 18.4 Å². The van der Waals surface area contributed by atoms with E-state index in [2.05, 4.69) is 0 Å². The highest BCUT2D eigenvalue weighted by atomic mass is 16.5. The van der Waals surface area contributed by atoms with Crippen molar-refractivity contribution in [2.75, 3.05) is 13.7 Å². The fourth-order valence-electron chi connectivity index (χ4n) is 3.43. The molecule has 2 rings (SSSR count). The molecule has 1 saturated heterocycles. The average molecular weight is 305 g/mol. The van der Waals surface area contributed by atoms with Crippen LogP contribution in [0.5, 0.6) is 0 Å². The van der Waals surface area contributed by atoms with Gasteiger partial charge in [-0.2, -0.15) is 0 Å². The summed E-state index contributed by atoms with van der Waals surface area (Å²) < 4.78 is 5.73. The number of aliphatic hydroxyl groups is 1. The van der Waals surface area contributed by atoms with Gasteiger partial charge in [0.05, 0.1) is 18.2 Å². The molecule has 4 heteroatoms. The van der Waals surface area contributed by atoms with Crippen LogP contribution in [-0.4, -0.2) is 41.8 Å². The Balaban J connectivity index is 2.12. The number of ether oxygens (including phenoxy) is 1. The Labute approximate surface area is 133 Å². The summed E-state index contributed by atoms with van der Waals surface area (Å²) in [4.78, 5) is 14.7. The Morgan fingerprint density at radius 1 is 1.27 bits per heavy atom.